The fourth-order valence-corrected chi connectivity index (χ4v) is 2.47. The minimum atomic E-state index is -0.174. The largest absolute Gasteiger partial charge is 0.393 e. The van der Waals surface area contributed by atoms with Crippen molar-refractivity contribution in [3.05, 3.63) is 34.9 Å². The average molecular weight is 296 g/mol. The van der Waals surface area contributed by atoms with Crippen LogP contribution >= 0.6 is 15.9 Å². The van der Waals surface area contributed by atoms with E-state index in [0.717, 1.165) is 30.3 Å². The molecule has 1 aromatic carbocycles. The summed E-state index contributed by atoms with van der Waals surface area (Å²) in [4.78, 5) is 0. The molecule has 1 unspecified atom stereocenters. The Morgan fingerprint density at radius 1 is 1.29 bits per heavy atom. The van der Waals surface area contributed by atoms with Gasteiger partial charge in [0.2, 0.25) is 0 Å². The van der Waals surface area contributed by atoms with Crippen LogP contribution in [0.5, 0.6) is 0 Å². The molecule has 0 aliphatic carbocycles. The summed E-state index contributed by atoms with van der Waals surface area (Å²) in [6, 6.07) is 8.51. The average Bonchev–Trinajstić information content (AvgIpc) is 2.66. The molecular weight excluding hydrogens is 278 g/mol. The van der Waals surface area contributed by atoms with Gasteiger partial charge in [0, 0.05) is 28.1 Å². The van der Waals surface area contributed by atoms with Crippen LogP contribution in [0.3, 0.4) is 0 Å². The summed E-state index contributed by atoms with van der Waals surface area (Å²) in [7, 11) is 0. The maximum absolute atomic E-state index is 9.20. The molecule has 1 heterocycles. The van der Waals surface area contributed by atoms with E-state index in [1.807, 2.05) is 6.92 Å². The van der Waals surface area contributed by atoms with E-state index in [9.17, 15) is 5.11 Å². The molecule has 0 radical (unpaired) electrons. The van der Waals surface area contributed by atoms with Crippen molar-refractivity contribution in [2.75, 3.05) is 0 Å². The molecule has 0 aliphatic rings. The van der Waals surface area contributed by atoms with Crippen LogP contribution in [0.1, 0.15) is 26.2 Å². The fraction of sp³-hybridized carbons (Fsp3) is 0.429. The molecule has 1 atom stereocenters. The number of hydrogen-bond donors (Lipinski definition) is 1. The minimum Gasteiger partial charge on any atom is -0.393 e. The normalized spacial score (nSPS) is 13.1. The van der Waals surface area contributed by atoms with Crippen LogP contribution in [0.2, 0.25) is 0 Å². The summed E-state index contributed by atoms with van der Waals surface area (Å²) >= 11 is 3.48. The van der Waals surface area contributed by atoms with Gasteiger partial charge in [-0.3, -0.25) is 0 Å². The number of fused-ring (bicyclic) bond motifs is 1. The summed E-state index contributed by atoms with van der Waals surface area (Å²) in [6.45, 7) is 2.88. The number of rotatable bonds is 5. The second-order valence-electron chi connectivity index (χ2n) is 4.56. The molecule has 2 aromatic rings. The quantitative estimate of drug-likeness (QED) is 0.830. The summed E-state index contributed by atoms with van der Waals surface area (Å²) < 4.78 is 3.40. The molecule has 0 bridgehead atoms. The van der Waals surface area contributed by atoms with Gasteiger partial charge >= 0.3 is 0 Å². The third-order valence-electron chi connectivity index (χ3n) is 3.00. The van der Waals surface area contributed by atoms with E-state index in [1.165, 1.54) is 10.9 Å². The molecule has 0 aliphatic heterocycles. The molecule has 2 nitrogen and oxygen atoms in total. The highest BCUT2D eigenvalue weighted by molar-refractivity contribution is 9.10. The van der Waals surface area contributed by atoms with Crippen molar-refractivity contribution in [3.8, 4) is 0 Å². The van der Waals surface area contributed by atoms with Crippen LogP contribution in [0.25, 0.3) is 10.9 Å². The van der Waals surface area contributed by atoms with Crippen molar-refractivity contribution in [3.63, 3.8) is 0 Å². The molecule has 0 saturated heterocycles. The Morgan fingerprint density at radius 2 is 2.12 bits per heavy atom. The van der Waals surface area contributed by atoms with E-state index < -0.39 is 0 Å². The first-order chi connectivity index (χ1) is 8.16. The van der Waals surface area contributed by atoms with Crippen molar-refractivity contribution in [2.45, 2.75) is 38.8 Å². The van der Waals surface area contributed by atoms with Gasteiger partial charge in [-0.25, -0.2) is 0 Å². The van der Waals surface area contributed by atoms with Crippen LogP contribution < -0.4 is 0 Å². The maximum atomic E-state index is 9.20. The predicted octanol–water partition coefficient (Wildman–Crippen LogP) is 3.95. The Bertz CT molecular complexity index is 490. The van der Waals surface area contributed by atoms with E-state index in [-0.39, 0.29) is 6.10 Å². The lowest BCUT2D eigenvalue weighted by Gasteiger charge is -2.06. The SMILES string of the molecule is CC(O)CCCCn1ccc2cc(Br)ccc21. The van der Waals surface area contributed by atoms with Crippen LogP contribution in [0.15, 0.2) is 34.9 Å². The molecule has 2 rings (SSSR count). The number of unbranched alkanes of at least 4 members (excludes halogenated alkanes) is 1. The Labute approximate surface area is 110 Å². The van der Waals surface area contributed by atoms with E-state index in [0.29, 0.717) is 0 Å². The number of aliphatic hydroxyl groups is 1. The van der Waals surface area contributed by atoms with Gasteiger partial charge in [-0.1, -0.05) is 15.9 Å². The molecular formula is C14H18BrNO. The summed E-state index contributed by atoms with van der Waals surface area (Å²) in [5.41, 5.74) is 1.28. The lowest BCUT2D eigenvalue weighted by Crippen LogP contribution is -2.01. The Balaban J connectivity index is 1.99. The first-order valence-corrected chi connectivity index (χ1v) is 6.88. The first kappa shape index (κ1) is 12.7. The predicted molar refractivity (Wildman–Crippen MR) is 75.2 cm³/mol. The van der Waals surface area contributed by atoms with E-state index in [4.69, 9.17) is 0 Å². The topological polar surface area (TPSA) is 25.2 Å². The first-order valence-electron chi connectivity index (χ1n) is 6.09. The lowest BCUT2D eigenvalue weighted by molar-refractivity contribution is 0.180. The van der Waals surface area contributed by atoms with Crippen molar-refractivity contribution in [2.24, 2.45) is 0 Å². The minimum absolute atomic E-state index is 0.174. The summed E-state index contributed by atoms with van der Waals surface area (Å²) in [5, 5.41) is 10.5. The molecule has 0 amide bonds. The zero-order chi connectivity index (χ0) is 12.3. The van der Waals surface area contributed by atoms with Gasteiger partial charge in [0.05, 0.1) is 6.10 Å². The second-order valence-corrected chi connectivity index (χ2v) is 5.47. The molecule has 0 saturated carbocycles. The number of halogens is 1. The Hall–Kier alpha value is -0.800. The van der Waals surface area contributed by atoms with E-state index in [1.54, 1.807) is 0 Å². The Morgan fingerprint density at radius 3 is 2.88 bits per heavy atom. The monoisotopic (exact) mass is 295 g/mol. The van der Waals surface area contributed by atoms with Gasteiger partial charge in [-0.2, -0.15) is 0 Å². The molecule has 0 spiro atoms. The number of aromatic nitrogens is 1. The third kappa shape index (κ3) is 3.33. The van der Waals surface area contributed by atoms with Gasteiger partial charge in [0.15, 0.2) is 0 Å². The van der Waals surface area contributed by atoms with Crippen molar-refractivity contribution < 1.29 is 5.11 Å². The highest BCUT2D eigenvalue weighted by atomic mass is 79.9. The molecule has 0 fully saturated rings. The molecule has 1 aromatic heterocycles. The van der Waals surface area contributed by atoms with Crippen molar-refractivity contribution in [1.29, 1.82) is 0 Å². The zero-order valence-corrected chi connectivity index (χ0v) is 11.7. The van der Waals surface area contributed by atoms with Gasteiger partial charge in [0.1, 0.15) is 0 Å². The summed E-state index contributed by atoms with van der Waals surface area (Å²) in [6.07, 6.45) is 5.05. The third-order valence-corrected chi connectivity index (χ3v) is 3.50. The van der Waals surface area contributed by atoms with Crippen LogP contribution in [0, 0.1) is 0 Å². The Kier molecular flexibility index (Phi) is 4.24. The number of aliphatic hydroxyl groups excluding tert-OH is 1. The second kappa shape index (κ2) is 5.69. The van der Waals surface area contributed by atoms with Gasteiger partial charge in [0.25, 0.3) is 0 Å². The highest BCUT2D eigenvalue weighted by Crippen LogP contribution is 2.21. The van der Waals surface area contributed by atoms with E-state index in [2.05, 4.69) is 51.0 Å². The zero-order valence-electron chi connectivity index (χ0n) is 10.1. The van der Waals surface area contributed by atoms with Crippen molar-refractivity contribution >= 4 is 26.8 Å². The van der Waals surface area contributed by atoms with Crippen LogP contribution in [-0.4, -0.2) is 15.8 Å². The van der Waals surface area contributed by atoms with E-state index >= 15 is 0 Å². The number of aryl methyl sites for hydroxylation is 1. The van der Waals surface area contributed by atoms with Crippen LogP contribution in [-0.2, 0) is 6.54 Å². The summed E-state index contributed by atoms with van der Waals surface area (Å²) in [5.74, 6) is 0. The van der Waals surface area contributed by atoms with Gasteiger partial charge in [-0.15, -0.1) is 0 Å². The standard InChI is InChI=1S/C14H18BrNO/c1-11(17)4-2-3-8-16-9-7-12-10-13(15)5-6-14(12)16/h5-7,9-11,17H,2-4,8H2,1H3. The number of benzene rings is 1. The molecule has 17 heavy (non-hydrogen) atoms. The lowest BCUT2D eigenvalue weighted by atomic mass is 10.2. The molecule has 3 heteroatoms. The molecule has 1 N–H and O–H groups in total. The van der Waals surface area contributed by atoms with Gasteiger partial charge in [-0.05, 0) is 50.5 Å². The maximum Gasteiger partial charge on any atom is 0.0512 e. The number of nitrogens with zero attached hydrogens (tertiary/aromatic N) is 1. The van der Waals surface area contributed by atoms with Crippen LogP contribution in [0.4, 0.5) is 0 Å². The number of hydrogen-bond acceptors (Lipinski definition) is 1. The smallest absolute Gasteiger partial charge is 0.0512 e. The van der Waals surface area contributed by atoms with Gasteiger partial charge < -0.3 is 9.67 Å². The van der Waals surface area contributed by atoms with Crippen molar-refractivity contribution in [1.82, 2.24) is 4.57 Å². The fourth-order valence-electron chi connectivity index (χ4n) is 2.09. The highest BCUT2D eigenvalue weighted by Gasteiger charge is 2.01. The molecule has 92 valence electrons.